The highest BCUT2D eigenvalue weighted by molar-refractivity contribution is 7.99. The number of aliphatic hydroxyl groups is 1. The van der Waals surface area contributed by atoms with Gasteiger partial charge >= 0.3 is 11.9 Å². The molecule has 0 aliphatic carbocycles. The number of aliphatic hydroxyl groups excluding tert-OH is 1. The van der Waals surface area contributed by atoms with Gasteiger partial charge in [-0.1, -0.05) is 17.7 Å². The summed E-state index contributed by atoms with van der Waals surface area (Å²) in [4.78, 5) is 19.5. The van der Waals surface area contributed by atoms with Crippen LogP contribution in [0.15, 0.2) is 29.2 Å². The Kier molecular flexibility index (Phi) is 10.3. The first-order chi connectivity index (χ1) is 9.82. The molecule has 21 heavy (non-hydrogen) atoms. The van der Waals surface area contributed by atoms with Gasteiger partial charge in [-0.3, -0.25) is 0 Å². The molecular weight excluding hydrogens is 294 g/mol. The third kappa shape index (κ3) is 11.9. The van der Waals surface area contributed by atoms with Crippen LogP contribution in [-0.4, -0.2) is 52.2 Å². The number of aryl methyl sites for hydroxylation is 1. The number of nitrogens with one attached hydrogen (secondary N) is 1. The number of hydrogen-bond donors (Lipinski definition) is 4. The van der Waals surface area contributed by atoms with Gasteiger partial charge < -0.3 is 20.6 Å². The van der Waals surface area contributed by atoms with Gasteiger partial charge in [0, 0.05) is 23.7 Å². The van der Waals surface area contributed by atoms with Gasteiger partial charge in [0.1, 0.15) is 0 Å². The summed E-state index contributed by atoms with van der Waals surface area (Å²) in [5, 5.41) is 27.0. The molecule has 1 rings (SSSR count). The molecule has 6 nitrogen and oxygen atoms in total. The third-order valence-corrected chi connectivity index (χ3v) is 3.21. The normalized spacial score (nSPS) is 11.2. The summed E-state index contributed by atoms with van der Waals surface area (Å²) in [6.07, 6.45) is -0.255. The molecule has 0 aromatic heterocycles. The Balaban J connectivity index is 0.000000567. The molecule has 0 saturated carbocycles. The van der Waals surface area contributed by atoms with Crippen molar-refractivity contribution < 1.29 is 24.9 Å². The molecule has 0 spiro atoms. The van der Waals surface area contributed by atoms with Crippen LogP contribution in [-0.2, 0) is 9.59 Å². The minimum absolute atomic E-state index is 0.255. The Hall–Kier alpha value is -1.57. The fourth-order valence-electron chi connectivity index (χ4n) is 1.19. The molecule has 4 N–H and O–H groups in total. The van der Waals surface area contributed by atoms with Gasteiger partial charge in [0.05, 0.1) is 6.10 Å². The lowest BCUT2D eigenvalue weighted by Crippen LogP contribution is -2.26. The van der Waals surface area contributed by atoms with Crippen LogP contribution in [0.25, 0.3) is 0 Å². The molecule has 1 aromatic rings. The molecule has 1 aromatic carbocycles. The van der Waals surface area contributed by atoms with Crippen molar-refractivity contribution in [2.24, 2.45) is 0 Å². The van der Waals surface area contributed by atoms with E-state index in [1.165, 1.54) is 10.5 Å². The standard InChI is InChI=1S/C12H19NOS.C2H2O4/c1-10-3-5-12(6-4-10)15-8-7-13-9-11(2)14;3-1(4)2(5)6/h3-6,11,13-14H,7-9H2,1-2H3;(H,3,4)(H,5,6). The SMILES string of the molecule is Cc1ccc(SCCNCC(C)O)cc1.O=C(O)C(=O)O. The molecule has 0 amide bonds. The number of thioether (sulfide) groups is 1. The molecular formula is C14H21NO5S. The summed E-state index contributed by atoms with van der Waals surface area (Å²) >= 11 is 1.84. The topological polar surface area (TPSA) is 107 Å². The number of benzene rings is 1. The van der Waals surface area contributed by atoms with Gasteiger partial charge in [-0.15, -0.1) is 11.8 Å². The maximum atomic E-state index is 9.10. The number of carboxylic acids is 2. The van der Waals surface area contributed by atoms with Crippen molar-refractivity contribution in [2.45, 2.75) is 24.8 Å². The van der Waals surface area contributed by atoms with Crippen molar-refractivity contribution in [1.29, 1.82) is 0 Å². The zero-order valence-corrected chi connectivity index (χ0v) is 12.9. The van der Waals surface area contributed by atoms with E-state index in [2.05, 4.69) is 36.5 Å². The van der Waals surface area contributed by atoms with Gasteiger partial charge in [-0.2, -0.15) is 0 Å². The van der Waals surface area contributed by atoms with Gasteiger partial charge in [0.25, 0.3) is 0 Å². The highest BCUT2D eigenvalue weighted by Gasteiger charge is 2.04. The predicted molar refractivity (Wildman–Crippen MR) is 81.7 cm³/mol. The Morgan fingerprint density at radius 1 is 1.19 bits per heavy atom. The van der Waals surface area contributed by atoms with E-state index in [-0.39, 0.29) is 6.10 Å². The average molecular weight is 315 g/mol. The second-order valence-corrected chi connectivity index (χ2v) is 5.49. The van der Waals surface area contributed by atoms with Gasteiger partial charge in [0.15, 0.2) is 0 Å². The molecule has 118 valence electrons. The molecule has 0 radical (unpaired) electrons. The molecule has 0 aliphatic rings. The monoisotopic (exact) mass is 315 g/mol. The molecule has 1 unspecified atom stereocenters. The van der Waals surface area contributed by atoms with Crippen molar-refractivity contribution in [2.75, 3.05) is 18.8 Å². The predicted octanol–water partition coefficient (Wildman–Crippen LogP) is 1.21. The van der Waals surface area contributed by atoms with Crippen molar-refractivity contribution in [3.05, 3.63) is 29.8 Å². The maximum Gasteiger partial charge on any atom is 0.414 e. The number of hydrogen-bond acceptors (Lipinski definition) is 5. The Bertz CT molecular complexity index is 421. The van der Waals surface area contributed by atoms with E-state index in [1.54, 1.807) is 6.92 Å². The van der Waals surface area contributed by atoms with Crippen molar-refractivity contribution in [3.63, 3.8) is 0 Å². The van der Waals surface area contributed by atoms with Crippen LogP contribution < -0.4 is 5.32 Å². The molecule has 0 aliphatic heterocycles. The fourth-order valence-corrected chi connectivity index (χ4v) is 2.00. The molecule has 1 atom stereocenters. The Morgan fingerprint density at radius 3 is 2.14 bits per heavy atom. The van der Waals surface area contributed by atoms with Crippen molar-refractivity contribution >= 4 is 23.7 Å². The van der Waals surface area contributed by atoms with Gasteiger partial charge in [0.2, 0.25) is 0 Å². The first kappa shape index (κ1) is 19.4. The third-order valence-electron chi connectivity index (χ3n) is 2.19. The van der Waals surface area contributed by atoms with Crippen LogP contribution in [0.1, 0.15) is 12.5 Å². The van der Waals surface area contributed by atoms with Crippen LogP contribution in [0.4, 0.5) is 0 Å². The zero-order chi connectivity index (χ0) is 16.3. The van der Waals surface area contributed by atoms with E-state index in [4.69, 9.17) is 24.9 Å². The molecule has 0 heterocycles. The first-order valence-corrected chi connectivity index (χ1v) is 7.36. The average Bonchev–Trinajstić information content (AvgIpc) is 2.40. The first-order valence-electron chi connectivity index (χ1n) is 6.37. The van der Waals surface area contributed by atoms with E-state index in [0.29, 0.717) is 6.54 Å². The van der Waals surface area contributed by atoms with Crippen LogP contribution in [0.5, 0.6) is 0 Å². The molecule has 0 fully saturated rings. The van der Waals surface area contributed by atoms with E-state index < -0.39 is 11.9 Å². The summed E-state index contributed by atoms with van der Waals surface area (Å²) in [5.74, 6) is -2.61. The number of carbonyl (C=O) groups is 2. The lowest BCUT2D eigenvalue weighted by atomic mass is 10.2. The van der Waals surface area contributed by atoms with Crippen molar-refractivity contribution in [1.82, 2.24) is 5.32 Å². The van der Waals surface area contributed by atoms with Crippen LogP contribution >= 0.6 is 11.8 Å². The number of carboxylic acid groups (broad SMARTS) is 2. The zero-order valence-electron chi connectivity index (χ0n) is 12.1. The van der Waals surface area contributed by atoms with E-state index in [1.807, 2.05) is 11.8 Å². The van der Waals surface area contributed by atoms with Crippen LogP contribution in [0.3, 0.4) is 0 Å². The lowest BCUT2D eigenvalue weighted by molar-refractivity contribution is -0.159. The Labute approximate surface area is 128 Å². The second kappa shape index (κ2) is 11.1. The summed E-state index contributed by atoms with van der Waals surface area (Å²) in [7, 11) is 0. The molecule has 0 bridgehead atoms. The number of rotatable bonds is 6. The highest BCUT2D eigenvalue weighted by atomic mass is 32.2. The quantitative estimate of drug-likeness (QED) is 0.355. The van der Waals surface area contributed by atoms with Crippen LogP contribution in [0.2, 0.25) is 0 Å². The maximum absolute atomic E-state index is 9.10. The van der Waals surface area contributed by atoms with Gasteiger partial charge in [-0.25, -0.2) is 9.59 Å². The molecule has 0 saturated heterocycles. The van der Waals surface area contributed by atoms with E-state index in [9.17, 15) is 0 Å². The van der Waals surface area contributed by atoms with Crippen LogP contribution in [0, 0.1) is 6.92 Å². The minimum atomic E-state index is -1.82. The summed E-state index contributed by atoms with van der Waals surface area (Å²) in [5.41, 5.74) is 1.30. The smallest absolute Gasteiger partial charge is 0.414 e. The number of aliphatic carboxylic acids is 2. The lowest BCUT2D eigenvalue weighted by Gasteiger charge is -2.06. The molecule has 7 heteroatoms. The second-order valence-electron chi connectivity index (χ2n) is 4.32. The van der Waals surface area contributed by atoms with E-state index >= 15 is 0 Å². The van der Waals surface area contributed by atoms with E-state index in [0.717, 1.165) is 12.3 Å². The van der Waals surface area contributed by atoms with Crippen molar-refractivity contribution in [3.8, 4) is 0 Å². The Morgan fingerprint density at radius 2 is 1.71 bits per heavy atom. The summed E-state index contributed by atoms with van der Waals surface area (Å²) < 4.78 is 0. The fraction of sp³-hybridized carbons (Fsp3) is 0.429. The van der Waals surface area contributed by atoms with Gasteiger partial charge in [-0.05, 0) is 26.0 Å². The largest absolute Gasteiger partial charge is 0.473 e. The summed E-state index contributed by atoms with van der Waals surface area (Å²) in [6.45, 7) is 5.50. The minimum Gasteiger partial charge on any atom is -0.473 e. The summed E-state index contributed by atoms with van der Waals surface area (Å²) in [6, 6.07) is 8.56. The highest BCUT2D eigenvalue weighted by Crippen LogP contribution is 2.17.